The number of halogens is 1. The molecule has 0 spiro atoms. The van der Waals surface area contributed by atoms with E-state index in [1.54, 1.807) is 49.1 Å². The van der Waals surface area contributed by atoms with E-state index in [0.717, 1.165) is 5.56 Å². The molecule has 166 valence electrons. The summed E-state index contributed by atoms with van der Waals surface area (Å²) in [5.74, 6) is -0.494. The largest absolute Gasteiger partial charge is 0.308 e. The average molecular weight is 464 g/mol. The smallest absolute Gasteiger partial charge is 0.233 e. The molecule has 1 amide bonds. The van der Waals surface area contributed by atoms with Crippen LogP contribution in [0.4, 0.5) is 9.52 Å². The highest BCUT2D eigenvalue weighted by Gasteiger charge is 2.22. The summed E-state index contributed by atoms with van der Waals surface area (Å²) >= 11 is 1.28. The molecule has 3 rings (SSSR count). The molecule has 2 aromatic carbocycles. The van der Waals surface area contributed by atoms with E-state index in [-0.39, 0.29) is 23.0 Å². The van der Waals surface area contributed by atoms with E-state index in [0.29, 0.717) is 28.4 Å². The highest BCUT2D eigenvalue weighted by Crippen LogP contribution is 2.30. The van der Waals surface area contributed by atoms with Gasteiger partial charge >= 0.3 is 0 Å². The molecule has 0 unspecified atom stereocenters. The Balaban J connectivity index is 1.84. The number of nitrogens with zero attached hydrogens (tertiary/aromatic N) is 3. The summed E-state index contributed by atoms with van der Waals surface area (Å²) < 4.78 is 38.9. The van der Waals surface area contributed by atoms with Crippen molar-refractivity contribution < 1.29 is 17.6 Å². The molecule has 31 heavy (non-hydrogen) atoms. The number of likely N-dealkylation sites (N-methyl/N-ethyl adjacent to an activating group) is 1. The first-order valence-corrected chi connectivity index (χ1v) is 12.3. The Morgan fingerprint density at radius 3 is 2.39 bits per heavy atom. The minimum Gasteiger partial charge on any atom is -0.308 e. The fourth-order valence-electron chi connectivity index (χ4n) is 2.97. The highest BCUT2D eigenvalue weighted by atomic mass is 32.2. The number of carbonyl (C=O) groups is 1. The van der Waals surface area contributed by atoms with Gasteiger partial charge in [0.25, 0.3) is 0 Å². The van der Waals surface area contributed by atoms with E-state index in [9.17, 15) is 17.6 Å². The lowest BCUT2D eigenvalue weighted by molar-refractivity contribution is -0.118. The van der Waals surface area contributed by atoms with Gasteiger partial charge in [0.15, 0.2) is 15.0 Å². The summed E-state index contributed by atoms with van der Waals surface area (Å²) in [6, 6.07) is 10.8. The first-order valence-electron chi connectivity index (χ1n) is 9.92. The number of thiazole rings is 1. The van der Waals surface area contributed by atoms with Gasteiger partial charge in [-0.3, -0.25) is 9.69 Å². The molecule has 0 N–H and O–H groups in total. The highest BCUT2D eigenvalue weighted by molar-refractivity contribution is 7.92. The maximum atomic E-state index is 13.6. The number of rotatable bonds is 8. The number of sulfone groups is 1. The van der Waals surface area contributed by atoms with Crippen molar-refractivity contribution in [2.75, 3.05) is 32.1 Å². The van der Waals surface area contributed by atoms with Crippen LogP contribution in [0.5, 0.6) is 0 Å². The number of fused-ring (bicyclic) bond motifs is 1. The molecular weight excluding hydrogens is 437 g/mol. The maximum absolute atomic E-state index is 13.6. The third-order valence-electron chi connectivity index (χ3n) is 4.87. The summed E-state index contributed by atoms with van der Waals surface area (Å²) in [6.45, 7) is 4.36. The summed E-state index contributed by atoms with van der Waals surface area (Å²) in [6.07, 6.45) is 0.111. The molecular formula is C22H26FN3O3S2. The van der Waals surface area contributed by atoms with Crippen LogP contribution in [0.2, 0.25) is 0 Å². The van der Waals surface area contributed by atoms with Gasteiger partial charge in [-0.1, -0.05) is 23.5 Å². The normalized spacial score (nSPS) is 12.1. The number of carbonyl (C=O) groups excluding carboxylic acids is 1. The van der Waals surface area contributed by atoms with Gasteiger partial charge in [-0.2, -0.15) is 0 Å². The molecule has 0 atom stereocenters. The summed E-state index contributed by atoms with van der Waals surface area (Å²) in [7, 11) is 0.484. The van der Waals surface area contributed by atoms with Crippen LogP contribution in [0.3, 0.4) is 0 Å². The van der Waals surface area contributed by atoms with E-state index in [4.69, 9.17) is 0 Å². The van der Waals surface area contributed by atoms with Gasteiger partial charge in [-0.25, -0.2) is 17.8 Å². The minimum absolute atomic E-state index is 0.111. The van der Waals surface area contributed by atoms with E-state index >= 15 is 0 Å². The monoisotopic (exact) mass is 463 g/mol. The van der Waals surface area contributed by atoms with Crippen molar-refractivity contribution in [3.8, 4) is 0 Å². The molecule has 0 aliphatic heterocycles. The van der Waals surface area contributed by atoms with Crippen LogP contribution in [0, 0.1) is 5.82 Å². The molecule has 6 nitrogen and oxygen atoms in total. The van der Waals surface area contributed by atoms with Crippen LogP contribution in [0.15, 0.2) is 47.4 Å². The zero-order chi connectivity index (χ0) is 22.8. The Morgan fingerprint density at radius 1 is 1.10 bits per heavy atom. The van der Waals surface area contributed by atoms with Crippen molar-refractivity contribution in [1.29, 1.82) is 0 Å². The molecule has 1 heterocycles. The van der Waals surface area contributed by atoms with E-state index in [2.05, 4.69) is 4.98 Å². The van der Waals surface area contributed by atoms with E-state index in [1.807, 2.05) is 19.0 Å². The Morgan fingerprint density at radius 2 is 1.77 bits per heavy atom. The maximum Gasteiger partial charge on any atom is 0.233 e. The first kappa shape index (κ1) is 23.3. The minimum atomic E-state index is -3.36. The molecule has 9 heteroatoms. The van der Waals surface area contributed by atoms with Crippen molar-refractivity contribution in [2.24, 2.45) is 0 Å². The molecule has 3 aromatic rings. The molecule has 1 aromatic heterocycles. The van der Waals surface area contributed by atoms with E-state index in [1.165, 1.54) is 23.5 Å². The third kappa shape index (κ3) is 5.47. The second-order valence-electron chi connectivity index (χ2n) is 7.87. The summed E-state index contributed by atoms with van der Waals surface area (Å²) in [5, 5.41) is 0.0110. The van der Waals surface area contributed by atoms with Gasteiger partial charge in [-0.15, -0.1) is 0 Å². The fourth-order valence-corrected chi connectivity index (χ4v) is 5.06. The zero-order valence-electron chi connectivity index (χ0n) is 18.0. The Labute approximate surface area is 186 Å². The number of amides is 1. The Hall–Kier alpha value is -2.36. The van der Waals surface area contributed by atoms with Crippen molar-refractivity contribution in [1.82, 2.24) is 9.88 Å². The Kier molecular flexibility index (Phi) is 7.08. The van der Waals surface area contributed by atoms with Crippen LogP contribution in [-0.2, 0) is 21.1 Å². The van der Waals surface area contributed by atoms with Crippen molar-refractivity contribution in [3.63, 3.8) is 0 Å². The second kappa shape index (κ2) is 9.42. The topological polar surface area (TPSA) is 70.6 Å². The van der Waals surface area contributed by atoms with E-state index < -0.39 is 15.1 Å². The predicted octanol–water partition coefficient (Wildman–Crippen LogP) is 3.75. The lowest BCUT2D eigenvalue weighted by Gasteiger charge is -2.22. The standard InChI is InChI=1S/C22H26FN3O3S2/c1-15(2)31(28,29)18-8-5-16(6-9-18)13-21(27)26(12-11-25(3)4)22-24-19-10-7-17(23)14-20(19)30-22/h5-10,14-15H,11-13H2,1-4H3. The molecule has 0 saturated carbocycles. The van der Waals surface area contributed by atoms with Gasteiger partial charge in [0.05, 0.1) is 26.8 Å². The number of hydrogen-bond acceptors (Lipinski definition) is 6. The molecule has 0 saturated heterocycles. The summed E-state index contributed by atoms with van der Waals surface area (Å²) in [5.41, 5.74) is 1.36. The second-order valence-corrected chi connectivity index (χ2v) is 11.4. The van der Waals surface area contributed by atoms with Crippen molar-refractivity contribution >= 4 is 42.4 Å². The Bertz CT molecular complexity index is 1170. The van der Waals surface area contributed by atoms with Gasteiger partial charge in [0.1, 0.15) is 5.82 Å². The molecule has 0 fully saturated rings. The lowest BCUT2D eigenvalue weighted by Crippen LogP contribution is -2.37. The van der Waals surface area contributed by atoms with Gasteiger partial charge in [0, 0.05) is 13.1 Å². The molecule has 0 bridgehead atoms. The van der Waals surface area contributed by atoms with Crippen LogP contribution in [0.25, 0.3) is 10.2 Å². The van der Waals surface area contributed by atoms with Gasteiger partial charge in [0.2, 0.25) is 5.91 Å². The van der Waals surface area contributed by atoms with Crippen molar-refractivity contribution in [2.45, 2.75) is 30.4 Å². The fraction of sp³-hybridized carbons (Fsp3) is 0.364. The number of aromatic nitrogens is 1. The SMILES string of the molecule is CC(C)S(=O)(=O)c1ccc(CC(=O)N(CCN(C)C)c2nc3ccc(F)cc3s2)cc1. The average Bonchev–Trinajstić information content (AvgIpc) is 3.10. The molecule has 0 aliphatic rings. The van der Waals surface area contributed by atoms with Crippen LogP contribution in [-0.4, -0.2) is 56.6 Å². The van der Waals surface area contributed by atoms with Crippen LogP contribution >= 0.6 is 11.3 Å². The van der Waals surface area contributed by atoms with Crippen molar-refractivity contribution in [3.05, 3.63) is 53.8 Å². The summed E-state index contributed by atoms with van der Waals surface area (Å²) in [4.78, 5) is 21.5. The lowest BCUT2D eigenvalue weighted by atomic mass is 10.1. The van der Waals surface area contributed by atoms with Crippen LogP contribution in [0.1, 0.15) is 19.4 Å². The van der Waals surface area contributed by atoms with Gasteiger partial charge in [-0.05, 0) is 63.8 Å². The number of hydrogen-bond donors (Lipinski definition) is 0. The van der Waals surface area contributed by atoms with Crippen LogP contribution < -0.4 is 4.90 Å². The van der Waals surface area contributed by atoms with Gasteiger partial charge < -0.3 is 4.90 Å². The predicted molar refractivity (Wildman–Crippen MR) is 123 cm³/mol. The quantitative estimate of drug-likeness (QED) is 0.509. The first-order chi connectivity index (χ1) is 14.6. The molecule has 0 radical (unpaired) electrons. The zero-order valence-corrected chi connectivity index (χ0v) is 19.6. The number of anilines is 1. The number of benzene rings is 2. The molecule has 0 aliphatic carbocycles. The third-order valence-corrected chi connectivity index (χ3v) is 8.08.